The van der Waals surface area contributed by atoms with Crippen molar-refractivity contribution in [3.63, 3.8) is 0 Å². The summed E-state index contributed by atoms with van der Waals surface area (Å²) in [5.74, 6) is -0.958. The molecule has 1 N–H and O–H groups in total. The van der Waals surface area contributed by atoms with Crippen molar-refractivity contribution in [2.75, 3.05) is 24.6 Å². The van der Waals surface area contributed by atoms with Crippen LogP contribution in [0.3, 0.4) is 0 Å². The maximum absolute atomic E-state index is 12.9. The highest BCUT2D eigenvalue weighted by Crippen LogP contribution is 2.30. The summed E-state index contributed by atoms with van der Waals surface area (Å²) in [5, 5.41) is 0.658. The summed E-state index contributed by atoms with van der Waals surface area (Å²) in [5.41, 5.74) is 0.426. The topological polar surface area (TPSA) is 68.1 Å². The van der Waals surface area contributed by atoms with Crippen molar-refractivity contribution in [3.05, 3.63) is 28.2 Å². The Hall–Kier alpha value is -1.63. The van der Waals surface area contributed by atoms with Gasteiger partial charge in [-0.25, -0.2) is 4.90 Å². The predicted octanol–water partition coefficient (Wildman–Crippen LogP) is 1.48. The highest BCUT2D eigenvalue weighted by atomic mass is 35.5. The summed E-state index contributed by atoms with van der Waals surface area (Å²) in [6.07, 6.45) is 1.71. The van der Waals surface area contributed by atoms with Crippen LogP contribution in [0.4, 0.5) is 5.69 Å². The number of rotatable bonds is 4. The number of carbonyl (C=O) groups excluding carboxylic acids is 3. The van der Waals surface area contributed by atoms with E-state index in [1.165, 1.54) is 11.0 Å². The van der Waals surface area contributed by atoms with Gasteiger partial charge in [-0.2, -0.15) is 0 Å². The fraction of sp³-hybridized carbons (Fsp3) is 0.500. The number of imide groups is 1. The van der Waals surface area contributed by atoms with E-state index in [1.807, 2.05) is 0 Å². The van der Waals surface area contributed by atoms with Gasteiger partial charge in [0.1, 0.15) is 5.92 Å². The van der Waals surface area contributed by atoms with Gasteiger partial charge in [-0.05, 0) is 38.0 Å². The molecule has 2 aliphatic rings. The zero-order valence-corrected chi connectivity index (χ0v) is 16.0. The van der Waals surface area contributed by atoms with Gasteiger partial charge in [-0.3, -0.25) is 14.4 Å². The molecule has 2 heterocycles. The lowest BCUT2D eigenvalue weighted by Crippen LogP contribution is -3.18. The second-order valence-electron chi connectivity index (χ2n) is 6.63. The van der Waals surface area contributed by atoms with Crippen LogP contribution in [0.15, 0.2) is 18.2 Å². The number of nitrogens with one attached hydrogen (secondary N) is 1. The molecule has 0 bridgehead atoms. The number of anilines is 1. The standard InChI is InChI=1S/C18H20Cl2N2O4/c1-2-26-18(25)11-4-3-7-21(10-11)15-9-16(23)22(17(15)24)12-5-6-13(19)14(20)8-12/h5-6,8,11,15H,2-4,7,9-10H2,1H3/p+1/t11-,15+/m0/s1. The molecule has 26 heavy (non-hydrogen) atoms. The lowest BCUT2D eigenvalue weighted by Gasteiger charge is -2.31. The number of nitrogens with zero attached hydrogens (tertiary/aromatic N) is 1. The molecular formula is C18H21Cl2N2O4+. The zero-order chi connectivity index (χ0) is 18.8. The van der Waals surface area contributed by atoms with Gasteiger partial charge in [0.2, 0.25) is 5.91 Å². The van der Waals surface area contributed by atoms with Gasteiger partial charge in [0.05, 0.1) is 41.8 Å². The first-order chi connectivity index (χ1) is 12.4. The van der Waals surface area contributed by atoms with Gasteiger partial charge >= 0.3 is 5.97 Å². The van der Waals surface area contributed by atoms with E-state index < -0.39 is 6.04 Å². The Labute approximate surface area is 162 Å². The molecule has 1 unspecified atom stereocenters. The average molecular weight is 400 g/mol. The monoisotopic (exact) mass is 399 g/mol. The molecule has 2 aliphatic heterocycles. The molecule has 1 aromatic carbocycles. The molecule has 0 saturated carbocycles. The Balaban J connectivity index is 1.75. The summed E-state index contributed by atoms with van der Waals surface area (Å²) >= 11 is 11.9. The third-order valence-electron chi connectivity index (χ3n) is 4.98. The number of carbonyl (C=O) groups is 3. The Morgan fingerprint density at radius 1 is 1.31 bits per heavy atom. The first kappa shape index (κ1) is 19.1. The van der Waals surface area contributed by atoms with E-state index in [1.54, 1.807) is 19.1 Å². The zero-order valence-electron chi connectivity index (χ0n) is 14.5. The Kier molecular flexibility index (Phi) is 5.85. The number of likely N-dealkylation sites (tertiary alicyclic amines) is 1. The molecule has 3 rings (SSSR count). The third-order valence-corrected chi connectivity index (χ3v) is 5.72. The summed E-state index contributed by atoms with van der Waals surface area (Å²) < 4.78 is 5.11. The van der Waals surface area contributed by atoms with E-state index in [2.05, 4.69) is 0 Å². The van der Waals surface area contributed by atoms with E-state index in [0.717, 1.165) is 24.3 Å². The summed E-state index contributed by atoms with van der Waals surface area (Å²) in [6, 6.07) is 4.22. The fourth-order valence-electron chi connectivity index (χ4n) is 3.72. The van der Waals surface area contributed by atoms with Gasteiger partial charge in [-0.1, -0.05) is 23.2 Å². The molecule has 1 aromatic rings. The minimum absolute atomic E-state index is 0.129. The van der Waals surface area contributed by atoms with Crippen molar-refractivity contribution in [3.8, 4) is 0 Å². The van der Waals surface area contributed by atoms with Crippen LogP contribution in [0.5, 0.6) is 0 Å². The number of esters is 1. The van der Waals surface area contributed by atoms with Crippen molar-refractivity contribution >= 4 is 46.7 Å². The van der Waals surface area contributed by atoms with Gasteiger partial charge in [0, 0.05) is 0 Å². The van der Waals surface area contributed by atoms with Crippen LogP contribution in [0.1, 0.15) is 26.2 Å². The van der Waals surface area contributed by atoms with Crippen molar-refractivity contribution in [1.82, 2.24) is 0 Å². The van der Waals surface area contributed by atoms with Crippen LogP contribution in [0.2, 0.25) is 10.0 Å². The second-order valence-corrected chi connectivity index (χ2v) is 7.44. The highest BCUT2D eigenvalue weighted by molar-refractivity contribution is 6.42. The van der Waals surface area contributed by atoms with Crippen molar-refractivity contribution in [2.24, 2.45) is 5.92 Å². The molecule has 140 valence electrons. The van der Waals surface area contributed by atoms with Crippen LogP contribution in [-0.4, -0.2) is 43.5 Å². The van der Waals surface area contributed by atoms with Gasteiger partial charge in [0.25, 0.3) is 5.91 Å². The minimum atomic E-state index is -0.478. The fourth-order valence-corrected chi connectivity index (χ4v) is 4.01. The maximum atomic E-state index is 12.9. The van der Waals surface area contributed by atoms with E-state index in [4.69, 9.17) is 27.9 Å². The van der Waals surface area contributed by atoms with E-state index in [9.17, 15) is 14.4 Å². The lowest BCUT2D eigenvalue weighted by molar-refractivity contribution is -0.922. The minimum Gasteiger partial charge on any atom is -0.466 e. The molecule has 0 aliphatic carbocycles. The Morgan fingerprint density at radius 2 is 2.08 bits per heavy atom. The first-order valence-electron chi connectivity index (χ1n) is 8.75. The molecule has 3 atom stereocenters. The molecule has 6 nitrogen and oxygen atoms in total. The van der Waals surface area contributed by atoms with Gasteiger partial charge in [-0.15, -0.1) is 0 Å². The van der Waals surface area contributed by atoms with Gasteiger partial charge in [0.15, 0.2) is 6.04 Å². The smallest absolute Gasteiger partial charge is 0.314 e. The normalized spacial score (nSPS) is 26.3. The predicted molar refractivity (Wildman–Crippen MR) is 97.4 cm³/mol. The number of hydrogen-bond donors (Lipinski definition) is 1. The van der Waals surface area contributed by atoms with Crippen LogP contribution >= 0.6 is 23.2 Å². The van der Waals surface area contributed by atoms with E-state index >= 15 is 0 Å². The molecule has 8 heteroatoms. The average Bonchev–Trinajstić information content (AvgIpc) is 2.92. The van der Waals surface area contributed by atoms with Crippen molar-refractivity contribution < 1.29 is 24.0 Å². The van der Waals surface area contributed by atoms with Crippen LogP contribution in [0.25, 0.3) is 0 Å². The molecule has 0 aromatic heterocycles. The van der Waals surface area contributed by atoms with E-state index in [0.29, 0.717) is 28.9 Å². The summed E-state index contributed by atoms with van der Waals surface area (Å²) in [7, 11) is 0. The van der Waals surface area contributed by atoms with E-state index in [-0.39, 0.29) is 30.1 Å². The van der Waals surface area contributed by atoms with Crippen molar-refractivity contribution in [1.29, 1.82) is 0 Å². The number of ether oxygens (including phenoxy) is 1. The number of halogens is 2. The molecule has 2 fully saturated rings. The number of hydrogen-bond acceptors (Lipinski definition) is 4. The number of amides is 2. The van der Waals surface area contributed by atoms with Crippen molar-refractivity contribution in [2.45, 2.75) is 32.2 Å². The molecule has 0 radical (unpaired) electrons. The molecular weight excluding hydrogens is 379 g/mol. The maximum Gasteiger partial charge on any atom is 0.314 e. The quantitative estimate of drug-likeness (QED) is 0.614. The first-order valence-corrected chi connectivity index (χ1v) is 9.51. The number of benzene rings is 1. The number of quaternary nitrogens is 1. The Bertz CT molecular complexity index is 740. The van der Waals surface area contributed by atoms with Gasteiger partial charge < -0.3 is 9.64 Å². The van der Waals surface area contributed by atoms with Crippen LogP contribution in [0, 0.1) is 5.92 Å². The van der Waals surface area contributed by atoms with Crippen LogP contribution in [-0.2, 0) is 19.1 Å². The van der Waals surface area contributed by atoms with Crippen LogP contribution < -0.4 is 9.80 Å². The Morgan fingerprint density at radius 3 is 2.77 bits per heavy atom. The number of piperidine rings is 1. The molecule has 0 spiro atoms. The molecule has 2 saturated heterocycles. The summed E-state index contributed by atoms with van der Waals surface area (Å²) in [4.78, 5) is 39.6. The largest absolute Gasteiger partial charge is 0.466 e. The SMILES string of the molecule is CCOC(=O)[C@H]1CCC[NH+]([C@@H]2CC(=O)N(c3ccc(Cl)c(Cl)c3)C2=O)C1. The molecule has 2 amide bonds. The third kappa shape index (κ3) is 3.72. The lowest BCUT2D eigenvalue weighted by atomic mass is 9.96. The summed E-state index contributed by atoms with van der Waals surface area (Å²) in [6.45, 7) is 3.39. The highest BCUT2D eigenvalue weighted by Gasteiger charge is 2.47. The second kappa shape index (κ2) is 7.94.